The molecule has 20 heavy (non-hydrogen) atoms. The number of hydrogen-bond acceptors (Lipinski definition) is 2. The van der Waals surface area contributed by atoms with Gasteiger partial charge in [-0.1, -0.05) is 15.9 Å². The van der Waals surface area contributed by atoms with Crippen molar-refractivity contribution in [2.75, 3.05) is 4.72 Å². The summed E-state index contributed by atoms with van der Waals surface area (Å²) in [5.74, 6) is -1.57. The van der Waals surface area contributed by atoms with Crippen molar-refractivity contribution in [3.8, 4) is 0 Å². The summed E-state index contributed by atoms with van der Waals surface area (Å²) in [6.45, 7) is 1.73. The summed E-state index contributed by atoms with van der Waals surface area (Å²) in [6, 6.07) is 6.95. The van der Waals surface area contributed by atoms with Crippen molar-refractivity contribution in [2.45, 2.75) is 11.8 Å². The van der Waals surface area contributed by atoms with Gasteiger partial charge in [0, 0.05) is 10.5 Å². The second-order valence-corrected chi connectivity index (χ2v) is 6.68. The minimum atomic E-state index is -3.97. The number of hydrogen-bond donors (Lipinski definition) is 1. The van der Waals surface area contributed by atoms with Gasteiger partial charge < -0.3 is 0 Å². The third kappa shape index (κ3) is 3.16. The zero-order valence-corrected chi connectivity index (χ0v) is 12.7. The highest BCUT2D eigenvalue weighted by molar-refractivity contribution is 9.10. The summed E-state index contributed by atoms with van der Waals surface area (Å²) < 4.78 is 53.5. The number of halogens is 3. The molecule has 0 amide bonds. The van der Waals surface area contributed by atoms with E-state index in [1.165, 1.54) is 12.1 Å². The van der Waals surface area contributed by atoms with Crippen molar-refractivity contribution in [1.29, 1.82) is 0 Å². The standard InChI is InChI=1S/C13H10BrF2NO2S/c1-8-6-10(3-4-11(8)14)20(18,19)17-13-7-9(15)2-5-12(13)16/h2-7,17H,1H3. The molecule has 3 nitrogen and oxygen atoms in total. The van der Waals surface area contributed by atoms with Crippen LogP contribution in [0.2, 0.25) is 0 Å². The summed E-state index contributed by atoms with van der Waals surface area (Å²) in [5, 5.41) is 0. The fourth-order valence-electron chi connectivity index (χ4n) is 1.56. The Hall–Kier alpha value is -1.47. The molecule has 0 radical (unpaired) electrons. The van der Waals surface area contributed by atoms with Crippen LogP contribution in [-0.4, -0.2) is 8.42 Å². The molecule has 0 fully saturated rings. The molecule has 2 aromatic carbocycles. The van der Waals surface area contributed by atoms with Crippen molar-refractivity contribution >= 4 is 31.6 Å². The predicted molar refractivity (Wildman–Crippen MR) is 76.0 cm³/mol. The molecular formula is C13H10BrF2NO2S. The van der Waals surface area contributed by atoms with Crippen LogP contribution in [0.5, 0.6) is 0 Å². The number of anilines is 1. The minimum Gasteiger partial charge on any atom is -0.277 e. The third-order valence-electron chi connectivity index (χ3n) is 2.61. The van der Waals surface area contributed by atoms with Gasteiger partial charge >= 0.3 is 0 Å². The molecule has 7 heteroatoms. The predicted octanol–water partition coefficient (Wildman–Crippen LogP) is 3.84. The van der Waals surface area contributed by atoms with Gasteiger partial charge in [-0.15, -0.1) is 0 Å². The lowest BCUT2D eigenvalue weighted by Gasteiger charge is -2.10. The molecule has 0 bridgehead atoms. The maximum atomic E-state index is 13.5. The molecule has 0 spiro atoms. The maximum Gasteiger partial charge on any atom is 0.261 e. The van der Waals surface area contributed by atoms with Gasteiger partial charge in [0.25, 0.3) is 10.0 Å². The highest BCUT2D eigenvalue weighted by atomic mass is 79.9. The molecule has 0 heterocycles. The number of aryl methyl sites for hydroxylation is 1. The van der Waals surface area contributed by atoms with Crippen molar-refractivity contribution in [1.82, 2.24) is 0 Å². The SMILES string of the molecule is Cc1cc(S(=O)(=O)Nc2cc(F)ccc2F)ccc1Br. The van der Waals surface area contributed by atoms with Crippen LogP contribution in [-0.2, 0) is 10.0 Å². The summed E-state index contributed by atoms with van der Waals surface area (Å²) in [7, 11) is -3.97. The van der Waals surface area contributed by atoms with Crippen molar-refractivity contribution in [3.63, 3.8) is 0 Å². The van der Waals surface area contributed by atoms with E-state index >= 15 is 0 Å². The van der Waals surface area contributed by atoms with Crippen molar-refractivity contribution in [2.24, 2.45) is 0 Å². The highest BCUT2D eigenvalue weighted by Gasteiger charge is 2.17. The number of nitrogens with one attached hydrogen (secondary N) is 1. The van der Waals surface area contributed by atoms with E-state index in [2.05, 4.69) is 15.9 Å². The lowest BCUT2D eigenvalue weighted by atomic mass is 10.2. The van der Waals surface area contributed by atoms with E-state index in [0.717, 1.165) is 22.7 Å². The van der Waals surface area contributed by atoms with Gasteiger partial charge in [0.2, 0.25) is 0 Å². The molecule has 0 aromatic heterocycles. The first kappa shape index (κ1) is 14.9. The Kier molecular flexibility index (Phi) is 4.10. The maximum absolute atomic E-state index is 13.5. The number of benzene rings is 2. The van der Waals surface area contributed by atoms with E-state index in [4.69, 9.17) is 0 Å². The van der Waals surface area contributed by atoms with E-state index in [0.29, 0.717) is 5.56 Å². The normalized spacial score (nSPS) is 11.4. The van der Waals surface area contributed by atoms with Crippen molar-refractivity contribution < 1.29 is 17.2 Å². The summed E-state index contributed by atoms with van der Waals surface area (Å²) in [4.78, 5) is -0.0261. The fraction of sp³-hybridized carbons (Fsp3) is 0.0769. The molecule has 2 aromatic rings. The Balaban J connectivity index is 2.40. The van der Waals surface area contributed by atoms with E-state index in [1.54, 1.807) is 13.0 Å². The minimum absolute atomic E-state index is 0.0261. The first-order valence-electron chi connectivity index (χ1n) is 5.53. The van der Waals surface area contributed by atoms with Crippen LogP contribution in [0.25, 0.3) is 0 Å². The van der Waals surface area contributed by atoms with Gasteiger partial charge in [0.05, 0.1) is 10.6 Å². The third-order valence-corrected chi connectivity index (χ3v) is 4.87. The van der Waals surface area contributed by atoms with E-state index in [1.807, 2.05) is 4.72 Å². The van der Waals surface area contributed by atoms with Crippen molar-refractivity contribution in [3.05, 3.63) is 58.1 Å². The van der Waals surface area contributed by atoms with Gasteiger partial charge in [0.1, 0.15) is 11.6 Å². The van der Waals surface area contributed by atoms with Crippen LogP contribution in [0.15, 0.2) is 45.8 Å². The molecule has 0 atom stereocenters. The average Bonchev–Trinajstić information content (AvgIpc) is 2.36. The first-order chi connectivity index (χ1) is 9.29. The van der Waals surface area contributed by atoms with Crippen LogP contribution in [0, 0.1) is 18.6 Å². The number of sulfonamides is 1. The molecule has 0 unspecified atom stereocenters. The molecule has 0 saturated carbocycles. The van der Waals surface area contributed by atoms with E-state index in [9.17, 15) is 17.2 Å². The zero-order valence-electron chi connectivity index (χ0n) is 10.3. The lowest BCUT2D eigenvalue weighted by molar-refractivity contribution is 0.594. The summed E-state index contributed by atoms with van der Waals surface area (Å²) in [6.07, 6.45) is 0. The van der Waals surface area contributed by atoms with Crippen LogP contribution in [0.3, 0.4) is 0 Å². The monoisotopic (exact) mass is 361 g/mol. The van der Waals surface area contributed by atoms with Crippen LogP contribution < -0.4 is 4.72 Å². The topological polar surface area (TPSA) is 46.2 Å². The summed E-state index contributed by atoms with van der Waals surface area (Å²) >= 11 is 3.26. The average molecular weight is 362 g/mol. The molecule has 0 aliphatic rings. The zero-order chi connectivity index (χ0) is 14.9. The Labute approximate surface area is 123 Å². The van der Waals surface area contributed by atoms with Gasteiger partial charge in [0.15, 0.2) is 0 Å². The van der Waals surface area contributed by atoms with Gasteiger partial charge in [-0.2, -0.15) is 0 Å². The Morgan fingerprint density at radius 3 is 2.45 bits per heavy atom. The van der Waals surface area contributed by atoms with Gasteiger partial charge in [-0.05, 0) is 42.8 Å². The molecular weight excluding hydrogens is 352 g/mol. The van der Waals surface area contributed by atoms with E-state index in [-0.39, 0.29) is 4.90 Å². The summed E-state index contributed by atoms with van der Waals surface area (Å²) in [5.41, 5.74) is 0.290. The molecule has 2 rings (SSSR count). The quantitative estimate of drug-likeness (QED) is 0.902. The van der Waals surface area contributed by atoms with Crippen LogP contribution in [0.1, 0.15) is 5.56 Å². The molecule has 0 saturated heterocycles. The fourth-order valence-corrected chi connectivity index (χ4v) is 2.95. The first-order valence-corrected chi connectivity index (χ1v) is 7.81. The second-order valence-electron chi connectivity index (χ2n) is 4.14. The molecule has 106 valence electrons. The van der Waals surface area contributed by atoms with E-state index < -0.39 is 27.3 Å². The Morgan fingerprint density at radius 2 is 1.80 bits per heavy atom. The lowest BCUT2D eigenvalue weighted by Crippen LogP contribution is -2.14. The highest BCUT2D eigenvalue weighted by Crippen LogP contribution is 2.23. The van der Waals surface area contributed by atoms with Crippen LogP contribution >= 0.6 is 15.9 Å². The number of rotatable bonds is 3. The second kappa shape index (κ2) is 5.49. The molecule has 1 N–H and O–H groups in total. The van der Waals surface area contributed by atoms with Gasteiger partial charge in [-0.25, -0.2) is 17.2 Å². The van der Waals surface area contributed by atoms with Gasteiger partial charge in [-0.3, -0.25) is 4.72 Å². The molecule has 0 aliphatic carbocycles. The Morgan fingerprint density at radius 1 is 1.10 bits per heavy atom. The smallest absolute Gasteiger partial charge is 0.261 e. The Bertz CT molecular complexity index is 763. The largest absolute Gasteiger partial charge is 0.277 e. The molecule has 0 aliphatic heterocycles. The van der Waals surface area contributed by atoms with Crippen LogP contribution in [0.4, 0.5) is 14.5 Å².